The van der Waals surface area contributed by atoms with Crippen molar-refractivity contribution >= 4 is 17.3 Å². The van der Waals surface area contributed by atoms with E-state index in [-0.39, 0.29) is 0 Å². The Morgan fingerprint density at radius 1 is 1.11 bits per heavy atom. The molecule has 100 valence electrons. The number of hydrogen-bond donors (Lipinski definition) is 3. The van der Waals surface area contributed by atoms with Gasteiger partial charge in [-0.2, -0.15) is 0 Å². The van der Waals surface area contributed by atoms with Crippen LogP contribution in [0.15, 0.2) is 24.3 Å². The lowest BCUT2D eigenvalue weighted by molar-refractivity contribution is 0.509. The molecule has 0 bridgehead atoms. The molecule has 0 aliphatic carbocycles. The molecule has 2 aromatic rings. The molecule has 0 unspecified atom stereocenters. The predicted molar refractivity (Wildman–Crippen MR) is 68.9 cm³/mol. The summed E-state index contributed by atoms with van der Waals surface area (Å²) >= 11 is 0. The molecule has 19 heavy (non-hydrogen) atoms. The highest BCUT2D eigenvalue weighted by atomic mass is 19.2. The number of hydrazine groups is 1. The molecule has 0 spiro atoms. The fourth-order valence-corrected chi connectivity index (χ4v) is 1.51. The minimum atomic E-state index is -0.924. The molecule has 0 aliphatic heterocycles. The van der Waals surface area contributed by atoms with E-state index in [4.69, 9.17) is 5.84 Å². The molecule has 0 saturated carbocycles. The number of aromatic nitrogens is 2. The van der Waals surface area contributed by atoms with E-state index in [1.54, 1.807) is 6.07 Å². The molecule has 0 amide bonds. The fraction of sp³-hybridized carbons (Fsp3) is 0.167. The third kappa shape index (κ3) is 3.14. The van der Waals surface area contributed by atoms with Crippen LogP contribution in [0, 0.1) is 11.6 Å². The molecule has 0 aliphatic rings. The van der Waals surface area contributed by atoms with Crippen LogP contribution in [0.5, 0.6) is 0 Å². The zero-order valence-corrected chi connectivity index (χ0v) is 10.2. The minimum absolute atomic E-state index is 0.391. The highest BCUT2D eigenvalue weighted by Gasteiger charge is 2.06. The maximum absolute atomic E-state index is 13.1. The molecule has 1 heterocycles. The lowest BCUT2D eigenvalue weighted by Crippen LogP contribution is -2.11. The van der Waals surface area contributed by atoms with Crippen LogP contribution < -0.4 is 16.6 Å². The highest BCUT2D eigenvalue weighted by Crippen LogP contribution is 2.19. The third-order valence-corrected chi connectivity index (χ3v) is 2.43. The molecule has 0 radical (unpaired) electrons. The van der Waals surface area contributed by atoms with Crippen molar-refractivity contribution in [2.24, 2.45) is 5.84 Å². The van der Waals surface area contributed by atoms with Crippen LogP contribution >= 0.6 is 0 Å². The monoisotopic (exact) mass is 265 g/mol. The fourth-order valence-electron chi connectivity index (χ4n) is 1.51. The number of nitrogens with two attached hydrogens (primary N) is 1. The van der Waals surface area contributed by atoms with Gasteiger partial charge < -0.3 is 10.7 Å². The molecular formula is C12H13F2N5. The predicted octanol–water partition coefficient (Wildman–Crippen LogP) is 2.35. The van der Waals surface area contributed by atoms with E-state index in [1.165, 1.54) is 6.07 Å². The van der Waals surface area contributed by atoms with Gasteiger partial charge in [-0.05, 0) is 12.1 Å². The average Bonchev–Trinajstić information content (AvgIpc) is 2.42. The Labute approximate surface area is 108 Å². The first-order valence-corrected chi connectivity index (χ1v) is 5.69. The van der Waals surface area contributed by atoms with Gasteiger partial charge in [-0.1, -0.05) is 6.92 Å². The Balaban J connectivity index is 2.29. The van der Waals surface area contributed by atoms with E-state index < -0.39 is 11.6 Å². The van der Waals surface area contributed by atoms with Crippen LogP contribution in [0.4, 0.5) is 26.1 Å². The summed E-state index contributed by atoms with van der Waals surface area (Å²) in [7, 11) is 0. The zero-order chi connectivity index (χ0) is 13.8. The smallest absolute Gasteiger partial charge is 0.160 e. The normalized spacial score (nSPS) is 10.3. The second-order valence-corrected chi connectivity index (χ2v) is 3.81. The van der Waals surface area contributed by atoms with Gasteiger partial charge in [-0.15, -0.1) is 0 Å². The minimum Gasteiger partial charge on any atom is -0.340 e. The number of anilines is 3. The Kier molecular flexibility index (Phi) is 3.86. The molecule has 0 atom stereocenters. The summed E-state index contributed by atoms with van der Waals surface area (Å²) in [5, 5.41) is 2.87. The Morgan fingerprint density at radius 3 is 2.47 bits per heavy atom. The van der Waals surface area contributed by atoms with Crippen molar-refractivity contribution in [2.75, 3.05) is 10.7 Å². The van der Waals surface area contributed by atoms with Gasteiger partial charge in [0.1, 0.15) is 17.5 Å². The van der Waals surface area contributed by atoms with Gasteiger partial charge in [0.2, 0.25) is 0 Å². The second kappa shape index (κ2) is 5.57. The number of benzene rings is 1. The van der Waals surface area contributed by atoms with Crippen LogP contribution in [-0.2, 0) is 6.42 Å². The van der Waals surface area contributed by atoms with E-state index in [9.17, 15) is 8.78 Å². The largest absolute Gasteiger partial charge is 0.340 e. The van der Waals surface area contributed by atoms with Crippen molar-refractivity contribution in [3.05, 3.63) is 41.7 Å². The summed E-state index contributed by atoms with van der Waals surface area (Å²) in [6.07, 6.45) is 0.627. The average molecular weight is 265 g/mol. The van der Waals surface area contributed by atoms with Gasteiger partial charge in [0.25, 0.3) is 0 Å². The standard InChI is InChI=1S/C12H13F2N5/c1-2-10-17-11(6-12(18-10)19-15)16-7-3-4-8(13)9(14)5-7/h3-6H,2,15H2,1H3,(H2,16,17,18,19). The van der Waals surface area contributed by atoms with Crippen molar-refractivity contribution in [3.8, 4) is 0 Å². The van der Waals surface area contributed by atoms with Crippen molar-refractivity contribution in [1.29, 1.82) is 0 Å². The first kappa shape index (κ1) is 13.2. The number of hydrogen-bond acceptors (Lipinski definition) is 5. The highest BCUT2D eigenvalue weighted by molar-refractivity contribution is 5.59. The SMILES string of the molecule is CCc1nc(NN)cc(Nc2ccc(F)c(F)c2)n1. The second-order valence-electron chi connectivity index (χ2n) is 3.81. The number of halogens is 2. The van der Waals surface area contributed by atoms with E-state index in [0.717, 1.165) is 12.1 Å². The van der Waals surface area contributed by atoms with Gasteiger partial charge in [0, 0.05) is 24.2 Å². The van der Waals surface area contributed by atoms with Gasteiger partial charge in [-0.25, -0.2) is 24.6 Å². The molecule has 5 nitrogen and oxygen atoms in total. The summed E-state index contributed by atoms with van der Waals surface area (Å²) in [6, 6.07) is 5.09. The van der Waals surface area contributed by atoms with Crippen LogP contribution in [0.25, 0.3) is 0 Å². The molecule has 7 heteroatoms. The van der Waals surface area contributed by atoms with Crippen molar-refractivity contribution < 1.29 is 8.78 Å². The zero-order valence-electron chi connectivity index (χ0n) is 10.2. The van der Waals surface area contributed by atoms with Gasteiger partial charge in [0.05, 0.1) is 0 Å². The molecule has 1 aromatic heterocycles. The van der Waals surface area contributed by atoms with Crippen LogP contribution in [0.3, 0.4) is 0 Å². The van der Waals surface area contributed by atoms with Gasteiger partial charge in [-0.3, -0.25) is 0 Å². The summed E-state index contributed by atoms with van der Waals surface area (Å²) in [5.74, 6) is 4.96. The van der Waals surface area contributed by atoms with Crippen molar-refractivity contribution in [1.82, 2.24) is 9.97 Å². The number of rotatable bonds is 4. The summed E-state index contributed by atoms with van der Waals surface area (Å²) in [6.45, 7) is 1.90. The lowest BCUT2D eigenvalue weighted by atomic mass is 10.3. The number of nitrogens with one attached hydrogen (secondary N) is 2. The van der Waals surface area contributed by atoms with Gasteiger partial charge in [0.15, 0.2) is 11.6 Å². The lowest BCUT2D eigenvalue weighted by Gasteiger charge is -2.09. The number of aryl methyl sites for hydroxylation is 1. The van der Waals surface area contributed by atoms with E-state index in [1.807, 2.05) is 6.92 Å². The first-order valence-electron chi connectivity index (χ1n) is 5.69. The maximum atomic E-state index is 13.1. The van der Waals surface area contributed by atoms with Crippen molar-refractivity contribution in [2.45, 2.75) is 13.3 Å². The molecular weight excluding hydrogens is 252 g/mol. The summed E-state index contributed by atoms with van der Waals surface area (Å²) in [5.41, 5.74) is 2.81. The van der Waals surface area contributed by atoms with Crippen molar-refractivity contribution in [3.63, 3.8) is 0 Å². The molecule has 4 N–H and O–H groups in total. The number of nitrogens with zero attached hydrogens (tertiary/aromatic N) is 2. The Hall–Kier alpha value is -2.28. The molecule has 1 aromatic carbocycles. The molecule has 0 saturated heterocycles. The molecule has 0 fully saturated rings. The van der Waals surface area contributed by atoms with Gasteiger partial charge >= 0.3 is 0 Å². The van der Waals surface area contributed by atoms with E-state index >= 15 is 0 Å². The Morgan fingerprint density at radius 2 is 1.84 bits per heavy atom. The number of nitrogen functional groups attached to an aromatic ring is 1. The summed E-state index contributed by atoms with van der Waals surface area (Å²) in [4.78, 5) is 8.34. The third-order valence-electron chi connectivity index (χ3n) is 2.43. The topological polar surface area (TPSA) is 75.9 Å². The van der Waals surface area contributed by atoms with Crippen LogP contribution in [-0.4, -0.2) is 9.97 Å². The quantitative estimate of drug-likeness (QED) is 0.584. The van der Waals surface area contributed by atoms with E-state index in [0.29, 0.717) is 29.6 Å². The van der Waals surface area contributed by atoms with Crippen LogP contribution in [0.1, 0.15) is 12.7 Å². The maximum Gasteiger partial charge on any atom is 0.160 e. The first-order chi connectivity index (χ1) is 9.12. The molecule has 2 rings (SSSR count). The van der Waals surface area contributed by atoms with E-state index in [2.05, 4.69) is 20.7 Å². The van der Waals surface area contributed by atoms with Crippen LogP contribution in [0.2, 0.25) is 0 Å². The summed E-state index contributed by atoms with van der Waals surface area (Å²) < 4.78 is 25.9. The Bertz CT molecular complexity index is 566.